The fourth-order valence-corrected chi connectivity index (χ4v) is 2.13. The topological polar surface area (TPSA) is 30.5 Å². The Kier molecular flexibility index (Phi) is 3.93. The normalized spacial score (nSPS) is 23.0. The molecule has 0 saturated carbocycles. The van der Waals surface area contributed by atoms with Crippen molar-refractivity contribution in [3.8, 4) is 0 Å². The lowest BCUT2D eigenvalue weighted by molar-refractivity contribution is -0.101. The summed E-state index contributed by atoms with van der Waals surface area (Å²) in [6, 6.07) is 8.72. The molecular weight excluding hydrogens is 202 g/mol. The maximum atomic E-state index is 5.74. The van der Waals surface area contributed by atoms with E-state index in [1.54, 1.807) is 0 Å². The molecule has 2 rings (SSSR count). The van der Waals surface area contributed by atoms with E-state index in [1.807, 2.05) is 7.05 Å². The minimum atomic E-state index is 0.112. The molecule has 0 bridgehead atoms. The molecule has 16 heavy (non-hydrogen) atoms. The van der Waals surface area contributed by atoms with E-state index in [0.29, 0.717) is 19.8 Å². The summed E-state index contributed by atoms with van der Waals surface area (Å²) < 4.78 is 11.2. The SMILES string of the molecule is CNC(c1cccc(C)c1)C1COCCO1. The van der Waals surface area contributed by atoms with Gasteiger partial charge in [0.1, 0.15) is 6.10 Å². The van der Waals surface area contributed by atoms with Gasteiger partial charge >= 0.3 is 0 Å². The van der Waals surface area contributed by atoms with Crippen molar-refractivity contribution >= 4 is 0 Å². The minimum Gasteiger partial charge on any atom is -0.376 e. The van der Waals surface area contributed by atoms with Crippen LogP contribution in [0.25, 0.3) is 0 Å². The highest BCUT2D eigenvalue weighted by molar-refractivity contribution is 5.26. The predicted molar refractivity (Wildman–Crippen MR) is 63.5 cm³/mol. The van der Waals surface area contributed by atoms with Crippen LogP contribution in [0.15, 0.2) is 24.3 Å². The maximum absolute atomic E-state index is 5.74. The highest BCUT2D eigenvalue weighted by Crippen LogP contribution is 2.21. The van der Waals surface area contributed by atoms with Crippen LogP contribution in [0.4, 0.5) is 0 Å². The van der Waals surface area contributed by atoms with Gasteiger partial charge in [0, 0.05) is 0 Å². The van der Waals surface area contributed by atoms with Gasteiger partial charge in [0.25, 0.3) is 0 Å². The molecule has 88 valence electrons. The van der Waals surface area contributed by atoms with Crippen LogP contribution < -0.4 is 5.32 Å². The van der Waals surface area contributed by atoms with Crippen LogP contribution in [0, 0.1) is 6.92 Å². The average Bonchev–Trinajstić information content (AvgIpc) is 2.31. The van der Waals surface area contributed by atoms with Crippen LogP contribution in [0.2, 0.25) is 0 Å². The second-order valence-corrected chi connectivity index (χ2v) is 4.16. The Bertz CT molecular complexity index is 334. The third kappa shape index (κ3) is 2.61. The van der Waals surface area contributed by atoms with E-state index in [-0.39, 0.29) is 12.1 Å². The third-order valence-electron chi connectivity index (χ3n) is 2.93. The van der Waals surface area contributed by atoms with Crippen molar-refractivity contribution in [2.45, 2.75) is 19.1 Å². The Morgan fingerprint density at radius 1 is 1.38 bits per heavy atom. The predicted octanol–water partition coefficient (Wildman–Crippen LogP) is 1.67. The molecule has 2 atom stereocenters. The van der Waals surface area contributed by atoms with Crippen molar-refractivity contribution in [2.75, 3.05) is 26.9 Å². The van der Waals surface area contributed by atoms with E-state index in [1.165, 1.54) is 11.1 Å². The smallest absolute Gasteiger partial charge is 0.100 e. The first-order valence-corrected chi connectivity index (χ1v) is 5.74. The van der Waals surface area contributed by atoms with Crippen LogP contribution in [0.3, 0.4) is 0 Å². The first kappa shape index (κ1) is 11.6. The summed E-state index contributed by atoms with van der Waals surface area (Å²) in [5, 5.41) is 3.31. The summed E-state index contributed by atoms with van der Waals surface area (Å²) in [5.41, 5.74) is 2.53. The molecule has 2 unspecified atom stereocenters. The monoisotopic (exact) mass is 221 g/mol. The summed E-state index contributed by atoms with van der Waals surface area (Å²) in [7, 11) is 1.96. The van der Waals surface area contributed by atoms with Crippen molar-refractivity contribution in [3.05, 3.63) is 35.4 Å². The molecule has 0 amide bonds. The number of hydrogen-bond donors (Lipinski definition) is 1. The Morgan fingerprint density at radius 3 is 2.88 bits per heavy atom. The van der Waals surface area contributed by atoms with E-state index in [9.17, 15) is 0 Å². The van der Waals surface area contributed by atoms with Gasteiger partial charge in [-0.05, 0) is 19.5 Å². The molecule has 1 N–H and O–H groups in total. The summed E-state index contributed by atoms with van der Waals surface area (Å²) >= 11 is 0. The highest BCUT2D eigenvalue weighted by atomic mass is 16.6. The fraction of sp³-hybridized carbons (Fsp3) is 0.538. The first-order valence-electron chi connectivity index (χ1n) is 5.74. The van der Waals surface area contributed by atoms with Crippen LogP contribution in [-0.2, 0) is 9.47 Å². The molecule has 1 aliphatic heterocycles. The molecule has 0 spiro atoms. The zero-order chi connectivity index (χ0) is 11.4. The zero-order valence-electron chi connectivity index (χ0n) is 9.90. The Balaban J connectivity index is 2.14. The van der Waals surface area contributed by atoms with Crippen molar-refractivity contribution in [2.24, 2.45) is 0 Å². The largest absolute Gasteiger partial charge is 0.376 e. The second-order valence-electron chi connectivity index (χ2n) is 4.16. The Morgan fingerprint density at radius 2 is 2.25 bits per heavy atom. The van der Waals surface area contributed by atoms with Crippen molar-refractivity contribution in [3.63, 3.8) is 0 Å². The minimum absolute atomic E-state index is 0.112. The highest BCUT2D eigenvalue weighted by Gasteiger charge is 2.25. The molecule has 1 aromatic carbocycles. The van der Waals surface area contributed by atoms with E-state index < -0.39 is 0 Å². The van der Waals surface area contributed by atoms with Gasteiger partial charge in [-0.25, -0.2) is 0 Å². The van der Waals surface area contributed by atoms with Gasteiger partial charge in [-0.1, -0.05) is 29.8 Å². The molecule has 3 nitrogen and oxygen atoms in total. The summed E-state index contributed by atoms with van der Waals surface area (Å²) in [6.45, 7) is 4.17. The Labute approximate surface area is 96.8 Å². The molecule has 0 aliphatic carbocycles. The third-order valence-corrected chi connectivity index (χ3v) is 2.93. The molecule has 0 radical (unpaired) electrons. The fourth-order valence-electron chi connectivity index (χ4n) is 2.13. The summed E-state index contributed by atoms with van der Waals surface area (Å²) in [4.78, 5) is 0. The van der Waals surface area contributed by atoms with Gasteiger partial charge in [-0.3, -0.25) is 0 Å². The number of likely N-dealkylation sites (N-methyl/N-ethyl adjacent to an activating group) is 1. The zero-order valence-corrected chi connectivity index (χ0v) is 9.90. The lowest BCUT2D eigenvalue weighted by Gasteiger charge is -2.30. The van der Waals surface area contributed by atoms with E-state index in [4.69, 9.17) is 9.47 Å². The maximum Gasteiger partial charge on any atom is 0.100 e. The second kappa shape index (κ2) is 5.43. The number of benzene rings is 1. The van der Waals surface area contributed by atoms with Gasteiger partial charge in [0.2, 0.25) is 0 Å². The molecule has 3 heteroatoms. The molecule has 1 aliphatic rings. The first-order chi connectivity index (χ1) is 7.81. The number of aryl methyl sites for hydroxylation is 1. The standard InChI is InChI=1S/C13H19NO2/c1-10-4-3-5-11(8-10)13(14-2)12-9-15-6-7-16-12/h3-5,8,12-14H,6-7,9H2,1-2H3. The van der Waals surface area contributed by atoms with Gasteiger partial charge in [-0.15, -0.1) is 0 Å². The molecule has 1 heterocycles. The average molecular weight is 221 g/mol. The molecule has 0 aromatic heterocycles. The van der Waals surface area contributed by atoms with E-state index in [0.717, 1.165) is 0 Å². The quantitative estimate of drug-likeness (QED) is 0.842. The molecule has 1 saturated heterocycles. The molecular formula is C13H19NO2. The van der Waals surface area contributed by atoms with Crippen LogP contribution in [0.5, 0.6) is 0 Å². The number of hydrogen-bond acceptors (Lipinski definition) is 3. The van der Waals surface area contributed by atoms with Crippen molar-refractivity contribution in [1.82, 2.24) is 5.32 Å². The van der Waals surface area contributed by atoms with E-state index >= 15 is 0 Å². The summed E-state index contributed by atoms with van der Waals surface area (Å²) in [6.07, 6.45) is 0.112. The number of nitrogens with one attached hydrogen (secondary N) is 1. The number of rotatable bonds is 3. The number of ether oxygens (including phenoxy) is 2. The summed E-state index contributed by atoms with van der Waals surface area (Å²) in [5.74, 6) is 0. The van der Waals surface area contributed by atoms with Gasteiger partial charge in [0.05, 0.1) is 25.9 Å². The van der Waals surface area contributed by atoms with Crippen LogP contribution >= 0.6 is 0 Å². The molecule has 1 aromatic rings. The van der Waals surface area contributed by atoms with Crippen LogP contribution in [0.1, 0.15) is 17.2 Å². The van der Waals surface area contributed by atoms with E-state index in [2.05, 4.69) is 36.5 Å². The van der Waals surface area contributed by atoms with Crippen LogP contribution in [-0.4, -0.2) is 33.0 Å². The van der Waals surface area contributed by atoms with Gasteiger partial charge < -0.3 is 14.8 Å². The van der Waals surface area contributed by atoms with Crippen molar-refractivity contribution < 1.29 is 9.47 Å². The Hall–Kier alpha value is -0.900. The van der Waals surface area contributed by atoms with Gasteiger partial charge in [0.15, 0.2) is 0 Å². The lowest BCUT2D eigenvalue weighted by Crippen LogP contribution is -2.39. The van der Waals surface area contributed by atoms with Gasteiger partial charge in [-0.2, -0.15) is 0 Å². The molecule has 1 fully saturated rings. The van der Waals surface area contributed by atoms with Crippen molar-refractivity contribution in [1.29, 1.82) is 0 Å². The lowest BCUT2D eigenvalue weighted by atomic mass is 10.00.